The zero-order valence-electron chi connectivity index (χ0n) is 15.9. The number of carbonyl (C=O) groups excluding carboxylic acids is 1. The van der Waals surface area contributed by atoms with Crippen molar-refractivity contribution in [3.05, 3.63) is 76.1 Å². The van der Waals surface area contributed by atoms with E-state index in [1.165, 1.54) is 48.3 Å². The largest absolute Gasteiger partial charge is 0.477 e. The van der Waals surface area contributed by atoms with E-state index in [0.29, 0.717) is 17.1 Å². The third-order valence-electron chi connectivity index (χ3n) is 5.60. The number of hydrogen-bond acceptors (Lipinski definition) is 3. The summed E-state index contributed by atoms with van der Waals surface area (Å²) in [6.45, 7) is 0. The van der Waals surface area contributed by atoms with Gasteiger partial charge in [0.25, 0.3) is 0 Å². The van der Waals surface area contributed by atoms with Gasteiger partial charge in [0.05, 0.1) is 5.52 Å². The number of para-hydroxylation sites is 1. The molecule has 1 aliphatic rings. The van der Waals surface area contributed by atoms with Crippen molar-refractivity contribution in [1.29, 1.82) is 0 Å². The first kappa shape index (κ1) is 18.9. The number of pyridine rings is 1. The molecule has 1 aliphatic carbocycles. The number of nitrogens with zero attached hydrogens (tertiary/aromatic N) is 1. The Hall–Kier alpha value is -3.41. The summed E-state index contributed by atoms with van der Waals surface area (Å²) in [5, 5.41) is 12.3. The summed E-state index contributed by atoms with van der Waals surface area (Å²) in [6.07, 6.45) is 7.30. The number of benzene rings is 2. The molecule has 2 N–H and O–H groups in total. The number of carboxylic acids is 1. The zero-order chi connectivity index (χ0) is 20.4. The lowest BCUT2D eigenvalue weighted by atomic mass is 9.84. The summed E-state index contributed by atoms with van der Waals surface area (Å²) < 4.78 is 1.18. The summed E-state index contributed by atoms with van der Waals surface area (Å²) >= 11 is 0. The Morgan fingerprint density at radius 1 is 0.966 bits per heavy atom. The molecule has 0 atom stereocenters. The van der Waals surface area contributed by atoms with Crippen LogP contribution in [0.5, 0.6) is 0 Å². The van der Waals surface area contributed by atoms with Crippen molar-refractivity contribution in [1.82, 2.24) is 4.57 Å². The molecule has 1 amide bonds. The second-order valence-electron chi connectivity index (χ2n) is 7.45. The van der Waals surface area contributed by atoms with Gasteiger partial charge in [0.2, 0.25) is 5.43 Å². The standard InChI is InChI=1S/C23H22N2O4/c26-21-18-8-4-5-9-20(18)25(14-19(21)22(27)28)23(29)24-17-12-10-16(11-13-17)15-6-2-1-3-7-15/h4-5,8-15H,1-3,6-7H2,(H,24,29)(H,27,28). The van der Waals surface area contributed by atoms with Gasteiger partial charge in [0.15, 0.2) is 0 Å². The van der Waals surface area contributed by atoms with Crippen molar-refractivity contribution >= 4 is 28.6 Å². The van der Waals surface area contributed by atoms with Crippen LogP contribution in [0.1, 0.15) is 53.9 Å². The van der Waals surface area contributed by atoms with Gasteiger partial charge < -0.3 is 10.4 Å². The molecular formula is C23H22N2O4. The molecule has 1 heterocycles. The minimum absolute atomic E-state index is 0.190. The fourth-order valence-electron chi connectivity index (χ4n) is 4.06. The first-order valence-corrected chi connectivity index (χ1v) is 9.83. The highest BCUT2D eigenvalue weighted by Crippen LogP contribution is 2.33. The van der Waals surface area contributed by atoms with E-state index in [2.05, 4.69) is 5.32 Å². The van der Waals surface area contributed by atoms with E-state index < -0.39 is 23.0 Å². The molecular weight excluding hydrogens is 368 g/mol. The van der Waals surface area contributed by atoms with Gasteiger partial charge in [-0.25, -0.2) is 9.59 Å². The second kappa shape index (κ2) is 7.91. The van der Waals surface area contributed by atoms with Gasteiger partial charge >= 0.3 is 12.0 Å². The maximum atomic E-state index is 12.9. The summed E-state index contributed by atoms with van der Waals surface area (Å²) in [5.41, 5.74) is 1.22. The quantitative estimate of drug-likeness (QED) is 0.671. The predicted octanol–water partition coefficient (Wildman–Crippen LogP) is 4.83. The smallest absolute Gasteiger partial charge is 0.341 e. The number of aromatic carboxylic acids is 1. The van der Waals surface area contributed by atoms with Gasteiger partial charge in [-0.2, -0.15) is 0 Å². The van der Waals surface area contributed by atoms with E-state index in [4.69, 9.17) is 0 Å². The van der Waals surface area contributed by atoms with Crippen LogP contribution in [0.4, 0.5) is 10.5 Å². The molecule has 0 bridgehead atoms. The third-order valence-corrected chi connectivity index (χ3v) is 5.60. The maximum Gasteiger partial charge on any atom is 0.341 e. The Bertz CT molecular complexity index is 1130. The maximum absolute atomic E-state index is 12.9. The van der Waals surface area contributed by atoms with E-state index in [1.807, 2.05) is 24.3 Å². The molecule has 29 heavy (non-hydrogen) atoms. The number of carbonyl (C=O) groups is 2. The van der Waals surface area contributed by atoms with Crippen LogP contribution in [0.2, 0.25) is 0 Å². The number of nitrogens with one attached hydrogen (secondary N) is 1. The van der Waals surface area contributed by atoms with Crippen LogP contribution in [-0.2, 0) is 0 Å². The Labute approximate surface area is 167 Å². The van der Waals surface area contributed by atoms with E-state index in [-0.39, 0.29) is 5.39 Å². The number of aromatic nitrogens is 1. The fourth-order valence-corrected chi connectivity index (χ4v) is 4.06. The Morgan fingerprint density at radius 2 is 1.66 bits per heavy atom. The molecule has 0 radical (unpaired) electrons. The van der Waals surface area contributed by atoms with Crippen LogP contribution >= 0.6 is 0 Å². The topological polar surface area (TPSA) is 88.4 Å². The second-order valence-corrected chi connectivity index (χ2v) is 7.45. The number of rotatable bonds is 3. The number of fused-ring (bicyclic) bond motifs is 1. The number of anilines is 1. The highest BCUT2D eigenvalue weighted by atomic mass is 16.4. The van der Waals surface area contributed by atoms with Gasteiger partial charge in [-0.3, -0.25) is 9.36 Å². The molecule has 4 rings (SSSR count). The van der Waals surface area contributed by atoms with E-state index in [9.17, 15) is 19.5 Å². The lowest BCUT2D eigenvalue weighted by Crippen LogP contribution is -2.25. The van der Waals surface area contributed by atoms with Gasteiger partial charge in [0, 0.05) is 17.3 Å². The average molecular weight is 390 g/mol. The SMILES string of the molecule is O=C(O)c1cn(C(=O)Nc2ccc(C3CCCCC3)cc2)c2ccccc2c1=O. The Kier molecular flexibility index (Phi) is 5.16. The van der Waals surface area contributed by atoms with Crippen molar-refractivity contribution in [2.45, 2.75) is 38.0 Å². The number of carboxylic acid groups (broad SMARTS) is 1. The normalized spacial score (nSPS) is 14.6. The van der Waals surface area contributed by atoms with Gasteiger partial charge in [-0.05, 0) is 48.6 Å². The van der Waals surface area contributed by atoms with Crippen molar-refractivity contribution in [2.75, 3.05) is 5.32 Å². The molecule has 2 aromatic carbocycles. The first-order valence-electron chi connectivity index (χ1n) is 9.83. The molecule has 0 saturated heterocycles. The molecule has 3 aromatic rings. The molecule has 0 unspecified atom stereocenters. The molecule has 1 aromatic heterocycles. The highest BCUT2D eigenvalue weighted by Gasteiger charge is 2.18. The molecule has 148 valence electrons. The Balaban J connectivity index is 1.63. The predicted molar refractivity (Wildman–Crippen MR) is 112 cm³/mol. The average Bonchev–Trinajstić information content (AvgIpc) is 2.75. The van der Waals surface area contributed by atoms with Gasteiger partial charge in [0.1, 0.15) is 5.56 Å². The Morgan fingerprint density at radius 3 is 2.34 bits per heavy atom. The fraction of sp³-hybridized carbons (Fsp3) is 0.261. The third kappa shape index (κ3) is 3.78. The molecule has 6 nitrogen and oxygen atoms in total. The summed E-state index contributed by atoms with van der Waals surface area (Å²) in [4.78, 5) is 36.7. The minimum Gasteiger partial charge on any atom is -0.477 e. The summed E-state index contributed by atoms with van der Waals surface area (Å²) in [7, 11) is 0. The highest BCUT2D eigenvalue weighted by molar-refractivity contribution is 6.00. The molecule has 0 spiro atoms. The number of hydrogen-bond donors (Lipinski definition) is 2. The lowest BCUT2D eigenvalue weighted by molar-refractivity contribution is 0.0695. The molecule has 1 fully saturated rings. The van der Waals surface area contributed by atoms with Crippen LogP contribution in [0, 0.1) is 0 Å². The number of amides is 1. The van der Waals surface area contributed by atoms with Crippen LogP contribution in [0.25, 0.3) is 10.9 Å². The first-order chi connectivity index (χ1) is 14.0. The van der Waals surface area contributed by atoms with Crippen molar-refractivity contribution < 1.29 is 14.7 Å². The van der Waals surface area contributed by atoms with Crippen LogP contribution in [0.3, 0.4) is 0 Å². The minimum atomic E-state index is -1.36. The zero-order valence-corrected chi connectivity index (χ0v) is 15.9. The lowest BCUT2D eigenvalue weighted by Gasteiger charge is -2.22. The van der Waals surface area contributed by atoms with E-state index in [1.54, 1.807) is 18.2 Å². The monoisotopic (exact) mass is 390 g/mol. The van der Waals surface area contributed by atoms with E-state index in [0.717, 1.165) is 6.20 Å². The van der Waals surface area contributed by atoms with Crippen LogP contribution in [-0.4, -0.2) is 21.7 Å². The van der Waals surface area contributed by atoms with Crippen molar-refractivity contribution in [2.24, 2.45) is 0 Å². The van der Waals surface area contributed by atoms with Gasteiger partial charge in [-0.15, -0.1) is 0 Å². The van der Waals surface area contributed by atoms with E-state index >= 15 is 0 Å². The van der Waals surface area contributed by atoms with Crippen LogP contribution < -0.4 is 10.7 Å². The molecule has 1 saturated carbocycles. The summed E-state index contributed by atoms with van der Waals surface area (Å²) in [6, 6.07) is 13.8. The van der Waals surface area contributed by atoms with Crippen LogP contribution in [0.15, 0.2) is 59.5 Å². The molecule has 6 heteroatoms. The molecule has 0 aliphatic heterocycles. The van der Waals surface area contributed by atoms with Crippen molar-refractivity contribution in [3.8, 4) is 0 Å². The van der Waals surface area contributed by atoms with Gasteiger partial charge in [-0.1, -0.05) is 43.5 Å². The van der Waals surface area contributed by atoms with Crippen molar-refractivity contribution in [3.63, 3.8) is 0 Å². The summed E-state index contributed by atoms with van der Waals surface area (Å²) in [5.74, 6) is -0.784.